The van der Waals surface area contributed by atoms with Gasteiger partial charge in [-0.2, -0.15) is 0 Å². The van der Waals surface area contributed by atoms with E-state index in [1.807, 2.05) is 55.5 Å². The zero-order valence-corrected chi connectivity index (χ0v) is 11.5. The second-order valence-electron chi connectivity index (χ2n) is 4.97. The second kappa shape index (κ2) is 4.85. The minimum Gasteiger partial charge on any atom is -0.341 e. The van der Waals surface area contributed by atoms with Gasteiger partial charge in [-0.3, -0.25) is 4.79 Å². The predicted octanol–water partition coefficient (Wildman–Crippen LogP) is 4.42. The molecule has 0 aliphatic carbocycles. The maximum absolute atomic E-state index is 11.9. The van der Waals surface area contributed by atoms with E-state index in [4.69, 9.17) is 0 Å². The average molecular weight is 264 g/mol. The number of aryl methyl sites for hydroxylation is 1. The minimum atomic E-state index is 0.0528. The maximum atomic E-state index is 11.9. The zero-order chi connectivity index (χ0) is 14.1. The number of rotatable bonds is 3. The fourth-order valence-electron chi connectivity index (χ4n) is 2.38. The van der Waals surface area contributed by atoms with E-state index in [0.717, 1.165) is 22.4 Å². The molecule has 0 aliphatic heterocycles. The Kier molecular flexibility index (Phi) is 3.03. The van der Waals surface area contributed by atoms with Gasteiger partial charge in [-0.25, -0.2) is 0 Å². The summed E-state index contributed by atoms with van der Waals surface area (Å²) in [5, 5.41) is 4.25. The molecule has 0 aliphatic rings. The third-order valence-corrected chi connectivity index (χ3v) is 3.38. The SMILES string of the molecule is CC(=O)c1c(Nc2ccc(C)cc2)[nH]c2ccccc12. The highest BCUT2D eigenvalue weighted by Crippen LogP contribution is 2.29. The van der Waals surface area contributed by atoms with Crippen molar-refractivity contribution < 1.29 is 4.79 Å². The number of H-pyrrole nitrogens is 1. The van der Waals surface area contributed by atoms with Crippen LogP contribution in [0.3, 0.4) is 0 Å². The lowest BCUT2D eigenvalue weighted by Crippen LogP contribution is -1.98. The summed E-state index contributed by atoms with van der Waals surface area (Å²) < 4.78 is 0. The van der Waals surface area contributed by atoms with E-state index in [2.05, 4.69) is 10.3 Å². The van der Waals surface area contributed by atoms with Gasteiger partial charge in [0, 0.05) is 16.6 Å². The molecule has 3 heteroatoms. The number of carbonyl (C=O) groups is 1. The van der Waals surface area contributed by atoms with Crippen molar-refractivity contribution in [1.82, 2.24) is 4.98 Å². The standard InChI is InChI=1S/C17H16N2O/c1-11-7-9-13(10-8-11)18-17-16(12(2)20)14-5-3-4-6-15(14)19-17/h3-10,18-19H,1-2H3. The van der Waals surface area contributed by atoms with Crippen LogP contribution in [0.5, 0.6) is 0 Å². The Morgan fingerprint density at radius 3 is 2.45 bits per heavy atom. The predicted molar refractivity (Wildman–Crippen MR) is 82.8 cm³/mol. The van der Waals surface area contributed by atoms with Gasteiger partial charge in [-0.05, 0) is 32.0 Å². The van der Waals surface area contributed by atoms with Crippen molar-refractivity contribution in [3.8, 4) is 0 Å². The number of nitrogens with one attached hydrogen (secondary N) is 2. The molecule has 0 spiro atoms. The molecular formula is C17H16N2O. The Hall–Kier alpha value is -2.55. The molecule has 3 nitrogen and oxygen atoms in total. The lowest BCUT2D eigenvalue weighted by atomic mass is 10.1. The summed E-state index contributed by atoms with van der Waals surface area (Å²) in [6, 6.07) is 15.9. The summed E-state index contributed by atoms with van der Waals surface area (Å²) in [5.41, 5.74) is 3.84. The largest absolute Gasteiger partial charge is 0.341 e. The van der Waals surface area contributed by atoms with Gasteiger partial charge in [0.25, 0.3) is 0 Å². The number of hydrogen-bond donors (Lipinski definition) is 2. The summed E-state index contributed by atoms with van der Waals surface area (Å²) >= 11 is 0. The molecule has 20 heavy (non-hydrogen) atoms. The zero-order valence-electron chi connectivity index (χ0n) is 11.5. The Labute approximate surface area is 117 Å². The van der Waals surface area contributed by atoms with Gasteiger partial charge >= 0.3 is 0 Å². The van der Waals surface area contributed by atoms with E-state index in [1.54, 1.807) is 6.92 Å². The summed E-state index contributed by atoms with van der Waals surface area (Å²) in [6.07, 6.45) is 0. The third kappa shape index (κ3) is 2.18. The first-order valence-corrected chi connectivity index (χ1v) is 6.60. The molecule has 1 heterocycles. The minimum absolute atomic E-state index is 0.0528. The van der Waals surface area contributed by atoms with Crippen molar-refractivity contribution in [3.63, 3.8) is 0 Å². The van der Waals surface area contributed by atoms with Crippen molar-refractivity contribution >= 4 is 28.2 Å². The molecule has 2 aromatic carbocycles. The summed E-state index contributed by atoms with van der Waals surface area (Å²) in [6.45, 7) is 3.64. The quantitative estimate of drug-likeness (QED) is 0.688. The van der Waals surface area contributed by atoms with Gasteiger partial charge in [0.1, 0.15) is 5.82 Å². The number of aromatic nitrogens is 1. The van der Waals surface area contributed by atoms with Gasteiger partial charge in [-0.1, -0.05) is 35.9 Å². The van der Waals surface area contributed by atoms with Gasteiger partial charge < -0.3 is 10.3 Å². The lowest BCUT2D eigenvalue weighted by molar-refractivity contribution is 0.102. The molecular weight excluding hydrogens is 248 g/mol. The first-order valence-electron chi connectivity index (χ1n) is 6.60. The van der Waals surface area contributed by atoms with Crippen molar-refractivity contribution in [1.29, 1.82) is 0 Å². The number of hydrogen-bond acceptors (Lipinski definition) is 2. The molecule has 1 aromatic heterocycles. The Balaban J connectivity index is 2.08. The van der Waals surface area contributed by atoms with Crippen LogP contribution in [0.2, 0.25) is 0 Å². The highest BCUT2D eigenvalue weighted by molar-refractivity contribution is 6.12. The van der Waals surface area contributed by atoms with E-state index in [0.29, 0.717) is 5.56 Å². The van der Waals surface area contributed by atoms with Gasteiger partial charge in [-0.15, -0.1) is 0 Å². The van der Waals surface area contributed by atoms with Crippen LogP contribution in [-0.4, -0.2) is 10.8 Å². The molecule has 0 saturated carbocycles. The number of Topliss-reactive ketones (excluding diaryl/α,β-unsaturated/α-hetero) is 1. The number of benzene rings is 2. The number of aromatic amines is 1. The van der Waals surface area contributed by atoms with E-state index in [9.17, 15) is 4.79 Å². The van der Waals surface area contributed by atoms with Crippen LogP contribution in [-0.2, 0) is 0 Å². The Morgan fingerprint density at radius 2 is 1.75 bits per heavy atom. The smallest absolute Gasteiger partial charge is 0.164 e. The van der Waals surface area contributed by atoms with Crippen LogP contribution in [0, 0.1) is 6.92 Å². The Bertz CT molecular complexity index is 769. The molecule has 100 valence electrons. The number of anilines is 2. The first-order chi connectivity index (χ1) is 9.65. The topological polar surface area (TPSA) is 44.9 Å². The fraction of sp³-hybridized carbons (Fsp3) is 0.118. The number of para-hydroxylation sites is 1. The highest BCUT2D eigenvalue weighted by Gasteiger charge is 2.14. The molecule has 0 atom stereocenters. The third-order valence-electron chi connectivity index (χ3n) is 3.38. The van der Waals surface area contributed by atoms with Crippen molar-refractivity contribution in [2.45, 2.75) is 13.8 Å². The highest BCUT2D eigenvalue weighted by atomic mass is 16.1. The van der Waals surface area contributed by atoms with Crippen LogP contribution in [0.15, 0.2) is 48.5 Å². The second-order valence-corrected chi connectivity index (χ2v) is 4.97. The molecule has 0 radical (unpaired) electrons. The van der Waals surface area contributed by atoms with E-state index >= 15 is 0 Å². The van der Waals surface area contributed by atoms with Crippen molar-refractivity contribution in [3.05, 3.63) is 59.7 Å². The van der Waals surface area contributed by atoms with Crippen molar-refractivity contribution in [2.24, 2.45) is 0 Å². The number of carbonyl (C=O) groups excluding carboxylic acids is 1. The molecule has 3 aromatic rings. The van der Waals surface area contributed by atoms with E-state index in [-0.39, 0.29) is 5.78 Å². The number of fused-ring (bicyclic) bond motifs is 1. The summed E-state index contributed by atoms with van der Waals surface area (Å²) in [7, 11) is 0. The first kappa shape index (κ1) is 12.5. The van der Waals surface area contributed by atoms with Gasteiger partial charge in [0.2, 0.25) is 0 Å². The molecule has 0 bridgehead atoms. The van der Waals surface area contributed by atoms with Crippen LogP contribution < -0.4 is 5.32 Å². The lowest BCUT2D eigenvalue weighted by Gasteiger charge is -2.06. The van der Waals surface area contributed by atoms with Crippen LogP contribution in [0.25, 0.3) is 10.9 Å². The van der Waals surface area contributed by atoms with Crippen LogP contribution >= 0.6 is 0 Å². The normalized spacial score (nSPS) is 10.7. The summed E-state index contributed by atoms with van der Waals surface area (Å²) in [4.78, 5) is 15.2. The monoisotopic (exact) mass is 264 g/mol. The molecule has 0 amide bonds. The maximum Gasteiger partial charge on any atom is 0.164 e. The van der Waals surface area contributed by atoms with Gasteiger partial charge in [0.15, 0.2) is 5.78 Å². The summed E-state index contributed by atoms with van der Waals surface area (Å²) in [5.74, 6) is 0.805. The molecule has 0 saturated heterocycles. The van der Waals surface area contributed by atoms with Crippen LogP contribution in [0.4, 0.5) is 11.5 Å². The Morgan fingerprint density at radius 1 is 1.05 bits per heavy atom. The number of ketones is 1. The average Bonchev–Trinajstić information content (AvgIpc) is 2.79. The van der Waals surface area contributed by atoms with Crippen LogP contribution in [0.1, 0.15) is 22.8 Å². The van der Waals surface area contributed by atoms with Crippen molar-refractivity contribution in [2.75, 3.05) is 5.32 Å². The molecule has 0 unspecified atom stereocenters. The van der Waals surface area contributed by atoms with E-state index in [1.165, 1.54) is 5.56 Å². The molecule has 3 rings (SSSR count). The fourth-order valence-corrected chi connectivity index (χ4v) is 2.38. The molecule has 0 fully saturated rings. The van der Waals surface area contributed by atoms with E-state index < -0.39 is 0 Å². The van der Waals surface area contributed by atoms with Gasteiger partial charge in [0.05, 0.1) is 5.56 Å². The molecule has 2 N–H and O–H groups in total.